The van der Waals surface area contributed by atoms with Crippen LogP contribution >= 0.6 is 46.4 Å². The lowest BCUT2D eigenvalue weighted by atomic mass is 10.1. The molecule has 0 unspecified atom stereocenters. The molecule has 0 aromatic heterocycles. The molecule has 192 valence electrons. The maximum absolute atomic E-state index is 12.7. The number of imide groups is 1. The van der Waals surface area contributed by atoms with Gasteiger partial charge in [-0.1, -0.05) is 52.8 Å². The third-order valence-electron chi connectivity index (χ3n) is 5.26. The van der Waals surface area contributed by atoms with Gasteiger partial charge in [-0.05, 0) is 44.0 Å². The molecule has 1 heterocycles. The van der Waals surface area contributed by atoms with Gasteiger partial charge in [0.1, 0.15) is 5.75 Å². The highest BCUT2D eigenvalue weighted by molar-refractivity contribution is 6.55. The highest BCUT2D eigenvalue weighted by Gasteiger charge is 2.41. The lowest BCUT2D eigenvalue weighted by molar-refractivity contribution is -0.147. The molecule has 1 N–H and O–H groups in total. The summed E-state index contributed by atoms with van der Waals surface area (Å²) < 4.78 is 10.3. The Labute approximate surface area is 227 Å². The molecule has 12 heteroatoms. The predicted molar refractivity (Wildman–Crippen MR) is 138 cm³/mol. The Morgan fingerprint density at radius 1 is 0.861 bits per heavy atom. The van der Waals surface area contributed by atoms with Crippen LogP contribution in [0.4, 0.5) is 5.69 Å². The molecule has 0 bridgehead atoms. The van der Waals surface area contributed by atoms with E-state index in [-0.39, 0.29) is 44.2 Å². The molecule has 1 aliphatic heterocycles. The number of hydrogen-bond donors (Lipinski definition) is 1. The van der Waals surface area contributed by atoms with Gasteiger partial charge in [0.25, 0.3) is 17.7 Å². The number of benzene rings is 2. The van der Waals surface area contributed by atoms with Crippen molar-refractivity contribution >= 4 is 75.8 Å². The Morgan fingerprint density at radius 3 is 2.00 bits per heavy atom. The van der Waals surface area contributed by atoms with Crippen LogP contribution in [0.25, 0.3) is 0 Å². The summed E-state index contributed by atoms with van der Waals surface area (Å²) in [4.78, 5) is 50.3. The van der Waals surface area contributed by atoms with Crippen LogP contribution in [0.3, 0.4) is 0 Å². The molecular formula is C24H22Cl4N2O6. The summed E-state index contributed by atoms with van der Waals surface area (Å²) in [7, 11) is 0. The zero-order valence-corrected chi connectivity index (χ0v) is 22.2. The van der Waals surface area contributed by atoms with E-state index >= 15 is 0 Å². The Balaban J connectivity index is 1.37. The number of esters is 1. The average molecular weight is 576 g/mol. The number of carbonyl (C=O) groups is 4. The van der Waals surface area contributed by atoms with Crippen LogP contribution in [-0.4, -0.2) is 48.3 Å². The Bertz CT molecular complexity index is 1140. The Hall–Kier alpha value is -2.52. The van der Waals surface area contributed by atoms with Crippen LogP contribution in [0.5, 0.6) is 5.75 Å². The minimum atomic E-state index is -0.599. The molecule has 3 amide bonds. The number of nitrogens with zero attached hydrogens (tertiary/aromatic N) is 1. The SMILES string of the molecule is CCOc1ccc(NC(=O)COC(=O)CCCCCN2C(=O)c3c(Cl)c(Cl)c(Cl)c(Cl)c3C2=O)cc1. The molecule has 2 aromatic carbocycles. The first-order chi connectivity index (χ1) is 17.1. The third kappa shape index (κ3) is 6.42. The van der Waals surface area contributed by atoms with Crippen molar-refractivity contribution in [3.63, 3.8) is 0 Å². The maximum atomic E-state index is 12.7. The molecule has 3 rings (SSSR count). The van der Waals surface area contributed by atoms with Gasteiger partial charge in [-0.25, -0.2) is 0 Å². The topological polar surface area (TPSA) is 102 Å². The lowest BCUT2D eigenvalue weighted by Crippen LogP contribution is -2.30. The van der Waals surface area contributed by atoms with Gasteiger partial charge in [-0.15, -0.1) is 0 Å². The van der Waals surface area contributed by atoms with Crippen LogP contribution in [0.2, 0.25) is 20.1 Å². The van der Waals surface area contributed by atoms with Gasteiger partial charge in [-0.3, -0.25) is 24.1 Å². The van der Waals surface area contributed by atoms with E-state index in [1.165, 1.54) is 0 Å². The van der Waals surface area contributed by atoms with E-state index in [4.69, 9.17) is 55.9 Å². The van der Waals surface area contributed by atoms with Crippen molar-refractivity contribution in [3.8, 4) is 5.75 Å². The number of amides is 3. The summed E-state index contributed by atoms with van der Waals surface area (Å²) in [5, 5.41) is 2.23. The summed E-state index contributed by atoms with van der Waals surface area (Å²) in [6, 6.07) is 6.81. The van der Waals surface area contributed by atoms with Crippen molar-refractivity contribution in [3.05, 3.63) is 55.5 Å². The van der Waals surface area contributed by atoms with Crippen molar-refractivity contribution in [2.45, 2.75) is 32.6 Å². The van der Waals surface area contributed by atoms with Crippen LogP contribution < -0.4 is 10.1 Å². The second kappa shape index (κ2) is 12.6. The first-order valence-electron chi connectivity index (χ1n) is 11.1. The Kier molecular flexibility index (Phi) is 9.84. The van der Waals surface area contributed by atoms with Gasteiger partial charge >= 0.3 is 5.97 Å². The minimum absolute atomic E-state index is 0.0619. The van der Waals surface area contributed by atoms with E-state index in [0.717, 1.165) is 4.90 Å². The zero-order chi connectivity index (χ0) is 26.4. The van der Waals surface area contributed by atoms with Crippen molar-refractivity contribution in [2.75, 3.05) is 25.1 Å². The number of halogens is 4. The first-order valence-corrected chi connectivity index (χ1v) is 12.6. The van der Waals surface area contributed by atoms with E-state index in [0.29, 0.717) is 37.3 Å². The number of fused-ring (bicyclic) bond motifs is 1. The second-order valence-electron chi connectivity index (χ2n) is 7.74. The lowest BCUT2D eigenvalue weighted by Gasteiger charge is -2.13. The summed E-state index contributed by atoms with van der Waals surface area (Å²) in [6.45, 7) is 2.11. The number of hydrogen-bond acceptors (Lipinski definition) is 6. The van der Waals surface area contributed by atoms with Crippen molar-refractivity contribution in [1.82, 2.24) is 4.90 Å². The van der Waals surface area contributed by atoms with Crippen molar-refractivity contribution in [1.29, 1.82) is 0 Å². The third-order valence-corrected chi connectivity index (χ3v) is 7.06. The molecular weight excluding hydrogens is 554 g/mol. The zero-order valence-electron chi connectivity index (χ0n) is 19.2. The van der Waals surface area contributed by atoms with E-state index in [9.17, 15) is 19.2 Å². The quantitative estimate of drug-likeness (QED) is 0.115. The van der Waals surface area contributed by atoms with Crippen LogP contribution in [0.1, 0.15) is 53.3 Å². The van der Waals surface area contributed by atoms with Crippen LogP contribution in [0.15, 0.2) is 24.3 Å². The standard InChI is InChI=1S/C24H22Cl4N2O6/c1-2-35-14-9-7-13(8-10-14)29-15(31)12-36-16(32)6-4-3-5-11-30-23(33)17-18(24(30)34)20(26)22(28)21(27)19(17)25/h7-10H,2-6,11-12H2,1H3,(H,29,31). The number of anilines is 1. The van der Waals surface area contributed by atoms with Crippen LogP contribution in [-0.2, 0) is 14.3 Å². The van der Waals surface area contributed by atoms with Crippen LogP contribution in [0, 0.1) is 0 Å². The fraction of sp³-hybridized carbons (Fsp3) is 0.333. The molecule has 0 aliphatic carbocycles. The molecule has 0 radical (unpaired) electrons. The highest BCUT2D eigenvalue weighted by Crippen LogP contribution is 2.44. The summed E-state index contributed by atoms with van der Waals surface area (Å²) in [6.07, 6.45) is 1.50. The first kappa shape index (κ1) is 28.1. The summed E-state index contributed by atoms with van der Waals surface area (Å²) in [5.74, 6) is -1.50. The fourth-order valence-corrected chi connectivity index (χ4v) is 4.55. The van der Waals surface area contributed by atoms with E-state index in [1.54, 1.807) is 24.3 Å². The summed E-state index contributed by atoms with van der Waals surface area (Å²) >= 11 is 24.2. The normalized spacial score (nSPS) is 12.5. The van der Waals surface area contributed by atoms with E-state index < -0.39 is 30.3 Å². The van der Waals surface area contributed by atoms with E-state index in [1.807, 2.05) is 6.92 Å². The highest BCUT2D eigenvalue weighted by atomic mass is 35.5. The molecule has 0 spiro atoms. The molecule has 36 heavy (non-hydrogen) atoms. The van der Waals surface area contributed by atoms with Gasteiger partial charge < -0.3 is 14.8 Å². The predicted octanol–water partition coefficient (Wildman–Crippen LogP) is 6.04. The van der Waals surface area contributed by atoms with E-state index in [2.05, 4.69) is 5.32 Å². The molecule has 0 fully saturated rings. The number of rotatable bonds is 11. The molecule has 8 nitrogen and oxygen atoms in total. The summed E-state index contributed by atoms with van der Waals surface area (Å²) in [5.41, 5.74) is 0.432. The number of unbranched alkanes of at least 4 members (excludes halogenated alkanes) is 2. The van der Waals surface area contributed by atoms with Gasteiger partial charge in [0.05, 0.1) is 37.8 Å². The average Bonchev–Trinajstić information content (AvgIpc) is 3.11. The second-order valence-corrected chi connectivity index (χ2v) is 9.26. The number of carbonyl (C=O) groups excluding carboxylic acids is 4. The molecule has 0 atom stereocenters. The van der Waals surface area contributed by atoms with Crippen molar-refractivity contribution < 1.29 is 28.7 Å². The fourth-order valence-electron chi connectivity index (χ4n) is 3.53. The monoisotopic (exact) mass is 574 g/mol. The van der Waals surface area contributed by atoms with Gasteiger partial charge in [0.2, 0.25) is 0 Å². The van der Waals surface area contributed by atoms with Gasteiger partial charge in [0, 0.05) is 18.7 Å². The van der Waals surface area contributed by atoms with Gasteiger partial charge in [0.15, 0.2) is 6.61 Å². The number of ether oxygens (including phenoxy) is 2. The maximum Gasteiger partial charge on any atom is 0.306 e. The molecule has 0 saturated heterocycles. The molecule has 2 aromatic rings. The van der Waals surface area contributed by atoms with Gasteiger partial charge in [-0.2, -0.15) is 0 Å². The molecule has 0 saturated carbocycles. The largest absolute Gasteiger partial charge is 0.494 e. The smallest absolute Gasteiger partial charge is 0.306 e. The number of nitrogens with one attached hydrogen (secondary N) is 1. The minimum Gasteiger partial charge on any atom is -0.494 e. The van der Waals surface area contributed by atoms with Crippen molar-refractivity contribution in [2.24, 2.45) is 0 Å². The Morgan fingerprint density at radius 2 is 1.44 bits per heavy atom. The molecule has 1 aliphatic rings.